The number of nitrogens with zero attached hydrogens (tertiary/aromatic N) is 2. The third-order valence-corrected chi connectivity index (χ3v) is 5.03. The first kappa shape index (κ1) is 14.8. The number of rotatable bonds is 6. The molecule has 0 radical (unpaired) electrons. The van der Waals surface area contributed by atoms with E-state index in [1.165, 1.54) is 58.0 Å². The number of hydrogen-bond donors (Lipinski definition) is 1. The largest absolute Gasteiger partial charge is 0.301 e. The average molecular weight is 263 g/mol. The van der Waals surface area contributed by atoms with E-state index in [-0.39, 0.29) is 5.54 Å². The normalized spacial score (nSPS) is 28.4. The fraction of sp³-hybridized carbons (Fsp3) is 0.938. The van der Waals surface area contributed by atoms with Crippen molar-refractivity contribution in [3.63, 3.8) is 0 Å². The van der Waals surface area contributed by atoms with E-state index >= 15 is 0 Å². The predicted molar refractivity (Wildman–Crippen MR) is 78.8 cm³/mol. The smallest absolute Gasteiger partial charge is 0.122 e. The lowest BCUT2D eigenvalue weighted by Gasteiger charge is -2.32. The molecule has 0 aromatic rings. The zero-order valence-electron chi connectivity index (χ0n) is 12.6. The molecular formula is C16H29N3. The monoisotopic (exact) mass is 263 g/mol. The van der Waals surface area contributed by atoms with Crippen molar-refractivity contribution in [1.29, 1.82) is 5.26 Å². The van der Waals surface area contributed by atoms with Crippen molar-refractivity contribution >= 4 is 0 Å². The summed E-state index contributed by atoms with van der Waals surface area (Å²) in [6.45, 7) is 5.57. The Morgan fingerprint density at radius 2 is 2.05 bits per heavy atom. The van der Waals surface area contributed by atoms with Crippen molar-refractivity contribution in [3.05, 3.63) is 0 Å². The minimum absolute atomic E-state index is 0.287. The summed E-state index contributed by atoms with van der Waals surface area (Å²) in [7, 11) is 1.96. The zero-order valence-corrected chi connectivity index (χ0v) is 12.6. The molecule has 2 atom stereocenters. The molecule has 0 aromatic carbocycles. The van der Waals surface area contributed by atoms with E-state index in [0.717, 1.165) is 12.5 Å². The van der Waals surface area contributed by atoms with Gasteiger partial charge in [0, 0.05) is 6.54 Å². The highest BCUT2D eigenvalue weighted by molar-refractivity contribution is 5.16. The molecule has 0 aromatic heterocycles. The van der Waals surface area contributed by atoms with E-state index < -0.39 is 0 Å². The summed E-state index contributed by atoms with van der Waals surface area (Å²) in [5.74, 6) is 1.50. The van der Waals surface area contributed by atoms with Gasteiger partial charge in [-0.05, 0) is 64.1 Å². The van der Waals surface area contributed by atoms with Gasteiger partial charge in [0.1, 0.15) is 5.54 Å². The SMILES string of the molecule is CCCC1CCCN(CC(C#N)(NC)C2CC2)CC1. The molecule has 2 unspecified atom stereocenters. The third-order valence-electron chi connectivity index (χ3n) is 5.03. The summed E-state index contributed by atoms with van der Waals surface area (Å²) in [6, 6.07) is 2.58. The highest BCUT2D eigenvalue weighted by Crippen LogP contribution is 2.40. The van der Waals surface area contributed by atoms with Crippen molar-refractivity contribution in [2.45, 2.75) is 57.4 Å². The van der Waals surface area contributed by atoms with E-state index in [9.17, 15) is 5.26 Å². The summed E-state index contributed by atoms with van der Waals surface area (Å²) >= 11 is 0. The molecule has 1 saturated heterocycles. The summed E-state index contributed by atoms with van der Waals surface area (Å²) in [5, 5.41) is 12.9. The molecule has 1 N–H and O–H groups in total. The Kier molecular flexibility index (Phi) is 5.24. The minimum atomic E-state index is -0.287. The van der Waals surface area contributed by atoms with Crippen LogP contribution in [-0.2, 0) is 0 Å². The van der Waals surface area contributed by atoms with Crippen LogP contribution in [0.1, 0.15) is 51.9 Å². The first-order valence-electron chi connectivity index (χ1n) is 8.06. The van der Waals surface area contributed by atoms with Crippen LogP contribution < -0.4 is 5.32 Å². The van der Waals surface area contributed by atoms with Crippen molar-refractivity contribution in [2.75, 3.05) is 26.7 Å². The van der Waals surface area contributed by atoms with Crippen LogP contribution in [-0.4, -0.2) is 37.1 Å². The van der Waals surface area contributed by atoms with Gasteiger partial charge in [-0.25, -0.2) is 0 Å². The Hall–Kier alpha value is -0.590. The average Bonchev–Trinajstić information content (AvgIpc) is 3.25. The molecule has 1 saturated carbocycles. The Morgan fingerprint density at radius 3 is 2.63 bits per heavy atom. The van der Waals surface area contributed by atoms with Crippen molar-refractivity contribution in [1.82, 2.24) is 10.2 Å². The van der Waals surface area contributed by atoms with Crippen LogP contribution in [0.2, 0.25) is 0 Å². The van der Waals surface area contributed by atoms with E-state index in [4.69, 9.17) is 0 Å². The van der Waals surface area contributed by atoms with Crippen molar-refractivity contribution < 1.29 is 0 Å². The molecule has 1 aliphatic carbocycles. The number of nitrogens with one attached hydrogen (secondary N) is 1. The first-order chi connectivity index (χ1) is 9.24. The molecule has 0 spiro atoms. The molecule has 2 aliphatic rings. The van der Waals surface area contributed by atoms with Gasteiger partial charge in [-0.3, -0.25) is 0 Å². The number of hydrogen-bond acceptors (Lipinski definition) is 3. The quantitative estimate of drug-likeness (QED) is 0.801. The molecule has 1 aliphatic heterocycles. The second kappa shape index (κ2) is 6.72. The molecule has 2 rings (SSSR count). The van der Waals surface area contributed by atoms with Crippen molar-refractivity contribution in [3.8, 4) is 6.07 Å². The molecular weight excluding hydrogens is 234 g/mol. The summed E-state index contributed by atoms with van der Waals surface area (Å²) in [6.07, 6.45) is 9.15. The van der Waals surface area contributed by atoms with E-state index in [0.29, 0.717) is 5.92 Å². The van der Waals surface area contributed by atoms with Gasteiger partial charge in [-0.15, -0.1) is 0 Å². The van der Waals surface area contributed by atoms with E-state index in [2.05, 4.69) is 23.2 Å². The fourth-order valence-corrected chi connectivity index (χ4v) is 3.60. The summed E-state index contributed by atoms with van der Waals surface area (Å²) in [4.78, 5) is 2.54. The van der Waals surface area contributed by atoms with E-state index in [1.807, 2.05) is 7.05 Å². The van der Waals surface area contributed by atoms with Crippen molar-refractivity contribution in [2.24, 2.45) is 11.8 Å². The van der Waals surface area contributed by atoms with Crippen LogP contribution in [0.5, 0.6) is 0 Å². The second-order valence-electron chi connectivity index (χ2n) is 6.47. The second-order valence-corrected chi connectivity index (χ2v) is 6.47. The Labute approximate surface area is 118 Å². The van der Waals surface area contributed by atoms with Gasteiger partial charge < -0.3 is 10.2 Å². The maximum absolute atomic E-state index is 9.58. The standard InChI is InChI=1S/C16H29N3/c1-3-5-14-6-4-10-19(11-9-14)13-16(12-17,18-2)15-7-8-15/h14-15,18H,3-11,13H2,1-2H3. The predicted octanol–water partition coefficient (Wildman–Crippen LogP) is 2.78. The van der Waals surface area contributed by atoms with Crippen LogP contribution in [0.25, 0.3) is 0 Å². The summed E-state index contributed by atoms with van der Waals surface area (Å²) in [5.41, 5.74) is -0.287. The highest BCUT2D eigenvalue weighted by Gasteiger charge is 2.45. The lowest BCUT2D eigenvalue weighted by Crippen LogP contribution is -2.53. The van der Waals surface area contributed by atoms with Gasteiger partial charge in [-0.2, -0.15) is 5.26 Å². The van der Waals surface area contributed by atoms with Gasteiger partial charge in [-0.1, -0.05) is 19.8 Å². The molecule has 0 amide bonds. The highest BCUT2D eigenvalue weighted by atomic mass is 15.2. The maximum Gasteiger partial charge on any atom is 0.122 e. The van der Waals surface area contributed by atoms with Gasteiger partial charge in [0.05, 0.1) is 6.07 Å². The van der Waals surface area contributed by atoms with Crippen LogP contribution in [0.4, 0.5) is 0 Å². The van der Waals surface area contributed by atoms with Gasteiger partial charge in [0.2, 0.25) is 0 Å². The molecule has 108 valence electrons. The lowest BCUT2D eigenvalue weighted by molar-refractivity contribution is 0.205. The van der Waals surface area contributed by atoms with Gasteiger partial charge in [0.25, 0.3) is 0 Å². The molecule has 3 nitrogen and oxygen atoms in total. The number of nitriles is 1. The van der Waals surface area contributed by atoms with E-state index in [1.54, 1.807) is 0 Å². The number of likely N-dealkylation sites (N-methyl/N-ethyl adjacent to an activating group) is 1. The maximum atomic E-state index is 9.58. The molecule has 3 heteroatoms. The molecule has 1 heterocycles. The topological polar surface area (TPSA) is 39.1 Å². The Morgan fingerprint density at radius 1 is 1.26 bits per heavy atom. The van der Waals surface area contributed by atoms with Crippen LogP contribution >= 0.6 is 0 Å². The minimum Gasteiger partial charge on any atom is -0.301 e. The first-order valence-corrected chi connectivity index (χ1v) is 8.06. The Balaban J connectivity index is 1.89. The van der Waals surface area contributed by atoms with Gasteiger partial charge in [0.15, 0.2) is 0 Å². The molecule has 2 fully saturated rings. The number of likely N-dealkylation sites (tertiary alicyclic amines) is 1. The molecule has 19 heavy (non-hydrogen) atoms. The Bertz CT molecular complexity index is 318. The van der Waals surface area contributed by atoms with Gasteiger partial charge >= 0.3 is 0 Å². The van der Waals surface area contributed by atoms with Crippen LogP contribution in [0.15, 0.2) is 0 Å². The fourth-order valence-electron chi connectivity index (χ4n) is 3.60. The summed E-state index contributed by atoms with van der Waals surface area (Å²) < 4.78 is 0. The van der Waals surface area contributed by atoms with Crippen LogP contribution in [0.3, 0.4) is 0 Å². The zero-order chi connectivity index (χ0) is 13.7. The lowest BCUT2D eigenvalue weighted by atomic mass is 9.94. The molecule has 0 bridgehead atoms. The third kappa shape index (κ3) is 3.70. The van der Waals surface area contributed by atoms with Crippen LogP contribution in [0, 0.1) is 23.2 Å².